The molecule has 0 aromatic rings. The van der Waals surface area contributed by atoms with Crippen LogP contribution < -0.4 is 0 Å². The number of hydrogen-bond donors (Lipinski definition) is 0. The van der Waals surface area contributed by atoms with Crippen LogP contribution in [0.1, 0.15) is 20.8 Å². The van der Waals surface area contributed by atoms with E-state index in [1.54, 1.807) is 0 Å². The van der Waals surface area contributed by atoms with Crippen molar-refractivity contribution in [2.75, 3.05) is 0 Å². The standard InChI is InChI=1S/C10H16/c1-4-5-6-7-8-9-10(2)3/h4-10H,1-3H3. The van der Waals surface area contributed by atoms with Gasteiger partial charge in [-0.3, -0.25) is 0 Å². The summed E-state index contributed by atoms with van der Waals surface area (Å²) in [6, 6.07) is 0. The maximum absolute atomic E-state index is 2.17. The second-order valence-electron chi connectivity index (χ2n) is 2.54. The van der Waals surface area contributed by atoms with Gasteiger partial charge in [-0.15, -0.1) is 0 Å². The molecule has 0 nitrogen and oxygen atoms in total. The van der Waals surface area contributed by atoms with E-state index < -0.39 is 0 Å². The summed E-state index contributed by atoms with van der Waals surface area (Å²) in [5, 5.41) is 0. The van der Waals surface area contributed by atoms with E-state index in [-0.39, 0.29) is 0 Å². The molecule has 0 fully saturated rings. The average molecular weight is 136 g/mol. The zero-order valence-corrected chi connectivity index (χ0v) is 7.04. The van der Waals surface area contributed by atoms with Gasteiger partial charge >= 0.3 is 0 Å². The molecule has 0 aromatic carbocycles. The summed E-state index contributed by atoms with van der Waals surface area (Å²) >= 11 is 0. The van der Waals surface area contributed by atoms with E-state index >= 15 is 0 Å². The van der Waals surface area contributed by atoms with Gasteiger partial charge in [-0.25, -0.2) is 0 Å². The highest BCUT2D eigenvalue weighted by Gasteiger charge is 1.78. The van der Waals surface area contributed by atoms with Crippen molar-refractivity contribution in [1.29, 1.82) is 0 Å². The lowest BCUT2D eigenvalue weighted by Gasteiger charge is -1.88. The molecule has 0 aliphatic carbocycles. The van der Waals surface area contributed by atoms with Crippen molar-refractivity contribution in [3.05, 3.63) is 36.5 Å². The third kappa shape index (κ3) is 7.22. The van der Waals surface area contributed by atoms with Crippen LogP contribution in [0.3, 0.4) is 0 Å². The van der Waals surface area contributed by atoms with Gasteiger partial charge in [0.25, 0.3) is 0 Å². The second kappa shape index (κ2) is 6.34. The van der Waals surface area contributed by atoms with Gasteiger partial charge in [0.2, 0.25) is 0 Å². The first-order valence-electron chi connectivity index (χ1n) is 3.73. The van der Waals surface area contributed by atoms with Gasteiger partial charge in [0.1, 0.15) is 0 Å². The molecule has 0 aliphatic rings. The van der Waals surface area contributed by atoms with Gasteiger partial charge in [0.05, 0.1) is 0 Å². The first-order valence-corrected chi connectivity index (χ1v) is 3.73. The molecule has 56 valence electrons. The van der Waals surface area contributed by atoms with Crippen LogP contribution in [0.25, 0.3) is 0 Å². The lowest BCUT2D eigenvalue weighted by atomic mass is 10.2. The molecular weight excluding hydrogens is 120 g/mol. The van der Waals surface area contributed by atoms with Crippen molar-refractivity contribution < 1.29 is 0 Å². The zero-order valence-electron chi connectivity index (χ0n) is 7.04. The molecule has 0 heterocycles. The Morgan fingerprint density at radius 1 is 0.900 bits per heavy atom. The third-order valence-corrected chi connectivity index (χ3v) is 1.02. The van der Waals surface area contributed by atoms with Crippen LogP contribution in [0.4, 0.5) is 0 Å². The van der Waals surface area contributed by atoms with E-state index in [9.17, 15) is 0 Å². The summed E-state index contributed by atoms with van der Waals surface area (Å²) in [5.41, 5.74) is 0. The molecule has 0 amide bonds. The fraction of sp³-hybridized carbons (Fsp3) is 0.400. The first-order chi connectivity index (χ1) is 4.77. The Bertz CT molecular complexity index is 136. The van der Waals surface area contributed by atoms with E-state index in [4.69, 9.17) is 0 Å². The quantitative estimate of drug-likeness (QED) is 0.522. The van der Waals surface area contributed by atoms with Crippen molar-refractivity contribution in [3.8, 4) is 0 Å². The Hall–Kier alpha value is -0.780. The Balaban J connectivity index is 3.51. The lowest BCUT2D eigenvalue weighted by Crippen LogP contribution is -1.74. The maximum atomic E-state index is 2.17. The largest absolute Gasteiger partial charge is 0.0877 e. The summed E-state index contributed by atoms with van der Waals surface area (Å²) in [6.07, 6.45) is 12.3. The van der Waals surface area contributed by atoms with Crippen LogP contribution in [0.15, 0.2) is 36.5 Å². The van der Waals surface area contributed by atoms with Crippen LogP contribution >= 0.6 is 0 Å². The van der Waals surface area contributed by atoms with Gasteiger partial charge in [-0.05, 0) is 12.8 Å². The highest BCUT2D eigenvalue weighted by molar-refractivity contribution is 5.10. The van der Waals surface area contributed by atoms with Crippen LogP contribution in [0.2, 0.25) is 0 Å². The topological polar surface area (TPSA) is 0 Å². The Kier molecular flexibility index (Phi) is 5.85. The first kappa shape index (κ1) is 9.22. The van der Waals surface area contributed by atoms with Crippen molar-refractivity contribution in [2.45, 2.75) is 20.8 Å². The smallest absolute Gasteiger partial charge is 0.0287 e. The summed E-state index contributed by atoms with van der Waals surface area (Å²) in [5.74, 6) is 0.648. The number of hydrogen-bond acceptors (Lipinski definition) is 0. The maximum Gasteiger partial charge on any atom is -0.0287 e. The van der Waals surface area contributed by atoms with E-state index in [0.29, 0.717) is 5.92 Å². The molecule has 0 atom stereocenters. The molecule has 0 aromatic heterocycles. The molecule has 0 spiro atoms. The fourth-order valence-electron chi connectivity index (χ4n) is 0.526. The van der Waals surface area contributed by atoms with E-state index in [0.717, 1.165) is 0 Å². The number of allylic oxidation sites excluding steroid dienone is 6. The van der Waals surface area contributed by atoms with Crippen LogP contribution in [-0.2, 0) is 0 Å². The summed E-state index contributed by atoms with van der Waals surface area (Å²) in [7, 11) is 0. The highest BCUT2D eigenvalue weighted by Crippen LogP contribution is 1.93. The van der Waals surface area contributed by atoms with Crippen molar-refractivity contribution >= 4 is 0 Å². The molecule has 0 N–H and O–H groups in total. The molecule has 0 heteroatoms. The van der Waals surface area contributed by atoms with Crippen molar-refractivity contribution in [1.82, 2.24) is 0 Å². The SMILES string of the molecule is CC=CC=CC=CC(C)C. The van der Waals surface area contributed by atoms with Crippen LogP contribution in [-0.4, -0.2) is 0 Å². The summed E-state index contributed by atoms with van der Waals surface area (Å²) < 4.78 is 0. The Morgan fingerprint density at radius 2 is 1.50 bits per heavy atom. The normalized spacial score (nSPS) is 13.2. The van der Waals surface area contributed by atoms with Gasteiger partial charge in [0.15, 0.2) is 0 Å². The van der Waals surface area contributed by atoms with Crippen molar-refractivity contribution in [3.63, 3.8) is 0 Å². The molecule has 10 heavy (non-hydrogen) atoms. The minimum atomic E-state index is 0.648. The Labute approximate surface area is 64.0 Å². The molecule has 0 unspecified atom stereocenters. The summed E-state index contributed by atoms with van der Waals surface area (Å²) in [4.78, 5) is 0. The molecule has 0 radical (unpaired) electrons. The van der Waals surface area contributed by atoms with Crippen LogP contribution in [0, 0.1) is 5.92 Å². The van der Waals surface area contributed by atoms with E-state index in [1.165, 1.54) is 0 Å². The Morgan fingerprint density at radius 3 is 2.00 bits per heavy atom. The number of rotatable bonds is 3. The van der Waals surface area contributed by atoms with Crippen LogP contribution in [0.5, 0.6) is 0 Å². The predicted molar refractivity (Wildman–Crippen MR) is 47.9 cm³/mol. The van der Waals surface area contributed by atoms with Gasteiger partial charge in [0, 0.05) is 0 Å². The van der Waals surface area contributed by atoms with E-state index in [1.807, 2.05) is 31.2 Å². The van der Waals surface area contributed by atoms with Gasteiger partial charge < -0.3 is 0 Å². The molecule has 0 rings (SSSR count). The molecular formula is C10H16. The average Bonchev–Trinajstić information content (AvgIpc) is 1.87. The fourth-order valence-corrected chi connectivity index (χ4v) is 0.526. The minimum Gasteiger partial charge on any atom is -0.0877 e. The second-order valence-corrected chi connectivity index (χ2v) is 2.54. The van der Waals surface area contributed by atoms with Gasteiger partial charge in [-0.1, -0.05) is 50.3 Å². The predicted octanol–water partition coefficient (Wildman–Crippen LogP) is 3.33. The van der Waals surface area contributed by atoms with Crippen molar-refractivity contribution in [2.24, 2.45) is 5.92 Å². The zero-order chi connectivity index (χ0) is 7.82. The van der Waals surface area contributed by atoms with E-state index in [2.05, 4.69) is 26.0 Å². The monoisotopic (exact) mass is 136 g/mol. The lowest BCUT2D eigenvalue weighted by molar-refractivity contribution is 0.832. The summed E-state index contributed by atoms with van der Waals surface area (Å²) in [6.45, 7) is 6.34. The molecule has 0 bridgehead atoms. The van der Waals surface area contributed by atoms with Gasteiger partial charge in [-0.2, -0.15) is 0 Å². The minimum absolute atomic E-state index is 0.648. The molecule has 0 saturated heterocycles. The molecule has 0 aliphatic heterocycles. The highest BCUT2D eigenvalue weighted by atomic mass is 13.8. The third-order valence-electron chi connectivity index (χ3n) is 1.02. The molecule has 0 saturated carbocycles.